The van der Waals surface area contributed by atoms with E-state index >= 15 is 0 Å². The Hall–Kier alpha value is -4.66. The third-order valence-electron chi connectivity index (χ3n) is 7.55. The average molecular weight is 553 g/mol. The highest BCUT2D eigenvalue weighted by atomic mass is 16.5. The molecule has 0 spiro atoms. The molecule has 0 saturated carbocycles. The number of carbonyl (C=O) groups excluding carboxylic acids is 2. The van der Waals surface area contributed by atoms with Crippen LogP contribution in [-0.4, -0.2) is 59.0 Å². The molecule has 1 aromatic heterocycles. The first kappa shape index (κ1) is 27.9. The van der Waals surface area contributed by atoms with Gasteiger partial charge in [0, 0.05) is 32.0 Å². The predicted molar refractivity (Wildman–Crippen MR) is 161 cm³/mol. The topological polar surface area (TPSA) is 92.6 Å². The number of nitrogens with one attached hydrogen (secondary N) is 1. The van der Waals surface area contributed by atoms with Crippen LogP contribution in [0.25, 0.3) is 11.0 Å². The van der Waals surface area contributed by atoms with E-state index in [1.54, 1.807) is 16.7 Å². The van der Waals surface area contributed by atoms with Crippen molar-refractivity contribution in [2.75, 3.05) is 31.4 Å². The summed E-state index contributed by atoms with van der Waals surface area (Å²) in [6.45, 7) is 0.244. The van der Waals surface area contributed by atoms with E-state index in [0.29, 0.717) is 5.69 Å². The molecule has 0 aliphatic heterocycles. The standard InChI is InChI=1S/C32H36N6O3/c1-36(2)26-17-15-25(16-18-26)33-32(40)31(24-9-5-4-6-10-24)37(21-23-13-19-27(41-3)20-14-23)30(39)22-38-29-12-8-7-11-28(29)34-35-38/h4-5,7-8,11-20,24,31H,6,9-10,21-22H2,1-3H3,(H,33,40). The van der Waals surface area contributed by atoms with Crippen LogP contribution in [0, 0.1) is 5.92 Å². The molecule has 41 heavy (non-hydrogen) atoms. The fraction of sp³-hybridized carbons (Fsp3) is 0.312. The van der Waals surface area contributed by atoms with Gasteiger partial charge in [-0.15, -0.1) is 5.10 Å². The number of hydrogen-bond donors (Lipinski definition) is 1. The number of methoxy groups -OCH3 is 1. The van der Waals surface area contributed by atoms with Crippen molar-refractivity contribution < 1.29 is 14.3 Å². The van der Waals surface area contributed by atoms with Gasteiger partial charge < -0.3 is 19.9 Å². The molecule has 1 aliphatic carbocycles. The first-order chi connectivity index (χ1) is 19.9. The number of benzene rings is 3. The van der Waals surface area contributed by atoms with E-state index < -0.39 is 6.04 Å². The lowest BCUT2D eigenvalue weighted by atomic mass is 9.85. The second-order valence-electron chi connectivity index (χ2n) is 10.5. The molecule has 0 bridgehead atoms. The number of anilines is 2. The molecule has 0 fully saturated rings. The molecular weight excluding hydrogens is 516 g/mol. The van der Waals surface area contributed by atoms with Gasteiger partial charge in [-0.1, -0.05) is 41.6 Å². The molecule has 9 heteroatoms. The van der Waals surface area contributed by atoms with E-state index in [2.05, 4.69) is 27.8 Å². The molecule has 5 rings (SSSR count). The Balaban J connectivity index is 1.48. The van der Waals surface area contributed by atoms with Crippen molar-refractivity contribution in [1.29, 1.82) is 0 Å². The van der Waals surface area contributed by atoms with Crippen molar-refractivity contribution in [2.24, 2.45) is 5.92 Å². The van der Waals surface area contributed by atoms with E-state index in [9.17, 15) is 9.59 Å². The number of rotatable bonds is 10. The quantitative estimate of drug-likeness (QED) is 0.282. The summed E-state index contributed by atoms with van der Waals surface area (Å²) in [6, 6.07) is 22.2. The molecule has 2 atom stereocenters. The van der Waals surface area contributed by atoms with Gasteiger partial charge in [0.25, 0.3) is 0 Å². The number of allylic oxidation sites excluding steroid dienone is 2. The first-order valence-electron chi connectivity index (χ1n) is 13.9. The second kappa shape index (κ2) is 12.7. The van der Waals surface area contributed by atoms with Crippen molar-refractivity contribution in [3.63, 3.8) is 0 Å². The molecule has 3 aromatic carbocycles. The largest absolute Gasteiger partial charge is 0.497 e. The van der Waals surface area contributed by atoms with Crippen molar-refractivity contribution >= 4 is 34.2 Å². The normalized spacial score (nSPS) is 15.3. The Morgan fingerprint density at radius 3 is 2.46 bits per heavy atom. The Labute approximate surface area is 240 Å². The van der Waals surface area contributed by atoms with E-state index in [1.165, 1.54) is 0 Å². The van der Waals surface area contributed by atoms with Crippen LogP contribution in [0.4, 0.5) is 11.4 Å². The van der Waals surface area contributed by atoms with Crippen LogP contribution in [0.1, 0.15) is 24.8 Å². The highest BCUT2D eigenvalue weighted by molar-refractivity contribution is 5.97. The number of aromatic nitrogens is 3. The fourth-order valence-electron chi connectivity index (χ4n) is 5.30. The highest BCUT2D eigenvalue weighted by Crippen LogP contribution is 2.29. The molecule has 1 heterocycles. The van der Waals surface area contributed by atoms with Gasteiger partial charge in [0.15, 0.2) is 0 Å². The van der Waals surface area contributed by atoms with Crippen LogP contribution in [0.15, 0.2) is 84.9 Å². The summed E-state index contributed by atoms with van der Waals surface area (Å²) in [7, 11) is 5.57. The molecular formula is C32H36N6O3. The van der Waals surface area contributed by atoms with Gasteiger partial charge in [-0.05, 0) is 79.3 Å². The van der Waals surface area contributed by atoms with Gasteiger partial charge in [0.05, 0.1) is 12.6 Å². The summed E-state index contributed by atoms with van der Waals surface area (Å²) in [6.07, 6.45) is 6.65. The smallest absolute Gasteiger partial charge is 0.247 e. The number of amides is 2. The number of hydrogen-bond acceptors (Lipinski definition) is 6. The van der Waals surface area contributed by atoms with Gasteiger partial charge in [0.1, 0.15) is 23.9 Å². The van der Waals surface area contributed by atoms with E-state index in [-0.39, 0.29) is 30.8 Å². The van der Waals surface area contributed by atoms with E-state index in [0.717, 1.165) is 47.3 Å². The number of carbonyl (C=O) groups is 2. The minimum atomic E-state index is -0.683. The lowest BCUT2D eigenvalue weighted by Crippen LogP contribution is -2.52. The number of nitrogens with zero attached hydrogens (tertiary/aromatic N) is 5. The molecule has 212 valence electrons. The predicted octanol–water partition coefficient (Wildman–Crippen LogP) is 4.90. The molecule has 0 radical (unpaired) electrons. The highest BCUT2D eigenvalue weighted by Gasteiger charge is 2.37. The molecule has 1 N–H and O–H groups in total. The van der Waals surface area contributed by atoms with E-state index in [1.807, 2.05) is 91.8 Å². The van der Waals surface area contributed by atoms with Crippen LogP contribution >= 0.6 is 0 Å². The minimum Gasteiger partial charge on any atom is -0.497 e. The Morgan fingerprint density at radius 2 is 1.78 bits per heavy atom. The Bertz CT molecular complexity index is 1510. The van der Waals surface area contributed by atoms with Gasteiger partial charge in [-0.2, -0.15) is 0 Å². The summed E-state index contributed by atoms with van der Waals surface area (Å²) in [4.78, 5) is 32.0. The van der Waals surface area contributed by atoms with Crippen molar-refractivity contribution in [2.45, 2.75) is 38.4 Å². The Morgan fingerprint density at radius 1 is 1.02 bits per heavy atom. The zero-order valence-electron chi connectivity index (χ0n) is 23.7. The zero-order valence-corrected chi connectivity index (χ0v) is 23.7. The Kier molecular flexibility index (Phi) is 8.62. The summed E-state index contributed by atoms with van der Waals surface area (Å²) in [5, 5.41) is 11.6. The third kappa shape index (κ3) is 6.57. The van der Waals surface area contributed by atoms with Crippen molar-refractivity contribution in [3.8, 4) is 5.75 Å². The van der Waals surface area contributed by atoms with Crippen molar-refractivity contribution in [1.82, 2.24) is 19.9 Å². The lowest BCUT2D eigenvalue weighted by molar-refractivity contribution is -0.142. The monoisotopic (exact) mass is 552 g/mol. The molecule has 1 aliphatic rings. The molecule has 2 amide bonds. The third-order valence-corrected chi connectivity index (χ3v) is 7.55. The van der Waals surface area contributed by atoms with Crippen molar-refractivity contribution in [3.05, 3.63) is 90.5 Å². The van der Waals surface area contributed by atoms with Crippen LogP contribution in [0.3, 0.4) is 0 Å². The maximum Gasteiger partial charge on any atom is 0.247 e. The summed E-state index contributed by atoms with van der Waals surface area (Å²) >= 11 is 0. The molecule has 2 unspecified atom stereocenters. The SMILES string of the molecule is COc1ccc(CN(C(=O)Cn2nnc3ccccc32)C(C(=O)Nc2ccc(N(C)C)cc2)C2CC=CCC2)cc1. The number of fused-ring (bicyclic) bond motifs is 1. The van der Waals surface area contributed by atoms with Crippen LogP contribution in [-0.2, 0) is 22.7 Å². The maximum atomic E-state index is 14.2. The molecule has 4 aromatic rings. The average Bonchev–Trinajstić information content (AvgIpc) is 3.40. The van der Waals surface area contributed by atoms with Gasteiger partial charge in [0.2, 0.25) is 11.8 Å². The summed E-state index contributed by atoms with van der Waals surface area (Å²) in [5.74, 6) is 0.298. The summed E-state index contributed by atoms with van der Waals surface area (Å²) in [5.41, 5.74) is 4.12. The lowest BCUT2D eigenvalue weighted by Gasteiger charge is -2.37. The number of para-hydroxylation sites is 1. The summed E-state index contributed by atoms with van der Waals surface area (Å²) < 4.78 is 6.93. The van der Waals surface area contributed by atoms with Crippen LogP contribution < -0.4 is 15.0 Å². The molecule has 0 saturated heterocycles. The van der Waals surface area contributed by atoms with Crippen LogP contribution in [0.2, 0.25) is 0 Å². The second-order valence-corrected chi connectivity index (χ2v) is 10.5. The van der Waals surface area contributed by atoms with Crippen LogP contribution in [0.5, 0.6) is 5.75 Å². The van der Waals surface area contributed by atoms with E-state index in [4.69, 9.17) is 4.74 Å². The van der Waals surface area contributed by atoms with Gasteiger partial charge in [-0.25, -0.2) is 4.68 Å². The molecule has 9 nitrogen and oxygen atoms in total. The van der Waals surface area contributed by atoms with Gasteiger partial charge >= 0.3 is 0 Å². The zero-order chi connectivity index (χ0) is 28.8. The minimum absolute atomic E-state index is 0.0272. The maximum absolute atomic E-state index is 14.2. The number of ether oxygens (including phenoxy) is 1. The fourth-order valence-corrected chi connectivity index (χ4v) is 5.30. The van der Waals surface area contributed by atoms with Gasteiger partial charge in [-0.3, -0.25) is 9.59 Å². The first-order valence-corrected chi connectivity index (χ1v) is 13.9.